The Labute approximate surface area is 191 Å². The zero-order valence-electron chi connectivity index (χ0n) is 19.1. The Morgan fingerprint density at radius 2 is 1.88 bits per heavy atom. The van der Waals surface area contributed by atoms with Crippen LogP contribution in [0.15, 0.2) is 48.5 Å². The molecule has 0 spiro atoms. The van der Waals surface area contributed by atoms with E-state index in [2.05, 4.69) is 17.1 Å². The highest BCUT2D eigenvalue weighted by Gasteiger charge is 2.44. The lowest BCUT2D eigenvalue weighted by Crippen LogP contribution is -2.38. The summed E-state index contributed by atoms with van der Waals surface area (Å²) in [4.78, 5) is 15.8. The maximum atomic E-state index is 14.5. The zero-order valence-corrected chi connectivity index (χ0v) is 19.1. The number of anilines is 1. The van der Waals surface area contributed by atoms with Gasteiger partial charge in [-0.2, -0.15) is 0 Å². The van der Waals surface area contributed by atoms with Crippen LogP contribution < -0.4 is 10.1 Å². The molecule has 1 heterocycles. The third-order valence-corrected chi connectivity index (χ3v) is 7.02. The van der Waals surface area contributed by atoms with Gasteiger partial charge in [-0.05, 0) is 74.9 Å². The summed E-state index contributed by atoms with van der Waals surface area (Å²) < 4.78 is 20.4. The average Bonchev–Trinajstić information content (AvgIpc) is 3.29. The molecule has 1 amide bonds. The van der Waals surface area contributed by atoms with Crippen molar-refractivity contribution in [1.82, 2.24) is 4.90 Å². The van der Waals surface area contributed by atoms with Crippen LogP contribution >= 0.6 is 0 Å². The summed E-state index contributed by atoms with van der Waals surface area (Å²) >= 11 is 0. The number of likely N-dealkylation sites (tertiary alicyclic amines) is 1. The number of rotatable bonds is 8. The van der Waals surface area contributed by atoms with E-state index in [0.717, 1.165) is 37.5 Å². The molecular formula is C27H35FN2O2. The highest BCUT2D eigenvalue weighted by Crippen LogP contribution is 2.43. The van der Waals surface area contributed by atoms with Crippen molar-refractivity contribution in [2.24, 2.45) is 5.92 Å². The van der Waals surface area contributed by atoms with E-state index in [0.29, 0.717) is 30.7 Å². The van der Waals surface area contributed by atoms with E-state index >= 15 is 0 Å². The molecule has 1 aliphatic carbocycles. The van der Waals surface area contributed by atoms with Crippen LogP contribution in [-0.4, -0.2) is 37.0 Å². The predicted molar refractivity (Wildman–Crippen MR) is 127 cm³/mol. The van der Waals surface area contributed by atoms with Gasteiger partial charge in [0, 0.05) is 24.3 Å². The molecule has 0 aromatic heterocycles. The molecule has 2 aliphatic rings. The van der Waals surface area contributed by atoms with Gasteiger partial charge in [0.25, 0.3) is 0 Å². The van der Waals surface area contributed by atoms with Crippen molar-refractivity contribution in [3.63, 3.8) is 0 Å². The first-order valence-corrected chi connectivity index (χ1v) is 12.1. The fourth-order valence-electron chi connectivity index (χ4n) is 5.30. The second-order valence-electron chi connectivity index (χ2n) is 9.50. The minimum atomic E-state index is -0.785. The van der Waals surface area contributed by atoms with Crippen molar-refractivity contribution in [1.29, 1.82) is 0 Å². The molecule has 5 heteroatoms. The summed E-state index contributed by atoms with van der Waals surface area (Å²) in [7, 11) is 0. The number of nitrogens with one attached hydrogen (secondary N) is 1. The molecule has 0 bridgehead atoms. The molecule has 0 radical (unpaired) electrons. The molecule has 1 N–H and O–H groups in total. The van der Waals surface area contributed by atoms with Gasteiger partial charge in [-0.25, -0.2) is 4.39 Å². The fourth-order valence-corrected chi connectivity index (χ4v) is 5.30. The molecule has 1 aliphatic heterocycles. The van der Waals surface area contributed by atoms with Gasteiger partial charge in [-0.1, -0.05) is 38.0 Å². The average molecular weight is 439 g/mol. The van der Waals surface area contributed by atoms with Gasteiger partial charge in [0.15, 0.2) is 0 Å². The summed E-state index contributed by atoms with van der Waals surface area (Å²) in [6.45, 7) is 6.49. The van der Waals surface area contributed by atoms with Crippen molar-refractivity contribution >= 4 is 11.6 Å². The molecule has 4 rings (SSSR count). The lowest BCUT2D eigenvalue weighted by atomic mass is 9.77. The van der Waals surface area contributed by atoms with Gasteiger partial charge >= 0.3 is 0 Å². The van der Waals surface area contributed by atoms with Crippen LogP contribution in [0.4, 0.5) is 10.1 Å². The summed E-state index contributed by atoms with van der Waals surface area (Å²) in [6.07, 6.45) is 6.88. The third-order valence-electron chi connectivity index (χ3n) is 7.02. The molecule has 32 heavy (non-hydrogen) atoms. The van der Waals surface area contributed by atoms with E-state index in [1.54, 1.807) is 12.1 Å². The number of hydrogen-bond acceptors (Lipinski definition) is 3. The Balaban J connectivity index is 1.30. The SMILES string of the molecule is CC1CCCN(CCCOc2ccc(NC(=O)C3(c4ccccc4F)CCCC3)cc2)C1. The van der Waals surface area contributed by atoms with Gasteiger partial charge in [0.05, 0.1) is 12.0 Å². The van der Waals surface area contributed by atoms with E-state index in [1.165, 1.54) is 32.0 Å². The molecule has 1 unspecified atom stereocenters. The largest absolute Gasteiger partial charge is 0.494 e. The number of piperidine rings is 1. The minimum absolute atomic E-state index is 0.121. The van der Waals surface area contributed by atoms with Crippen LogP contribution in [-0.2, 0) is 10.2 Å². The van der Waals surface area contributed by atoms with Crippen LogP contribution in [0.3, 0.4) is 0 Å². The van der Waals surface area contributed by atoms with Crippen molar-refractivity contribution < 1.29 is 13.9 Å². The maximum Gasteiger partial charge on any atom is 0.235 e. The number of nitrogens with zero attached hydrogens (tertiary/aromatic N) is 1. The minimum Gasteiger partial charge on any atom is -0.494 e. The van der Waals surface area contributed by atoms with Crippen molar-refractivity contribution in [3.05, 3.63) is 59.9 Å². The number of carbonyl (C=O) groups is 1. The normalized spacial score (nSPS) is 20.8. The van der Waals surface area contributed by atoms with E-state index in [4.69, 9.17) is 4.74 Å². The van der Waals surface area contributed by atoms with Gasteiger partial charge in [-0.3, -0.25) is 4.79 Å². The first kappa shape index (κ1) is 22.8. The molecule has 2 fully saturated rings. The Hall–Kier alpha value is -2.40. The zero-order chi connectivity index (χ0) is 22.4. The van der Waals surface area contributed by atoms with Crippen molar-refractivity contribution in [2.75, 3.05) is 31.6 Å². The number of carbonyl (C=O) groups excluding carboxylic acids is 1. The smallest absolute Gasteiger partial charge is 0.235 e. The van der Waals surface area contributed by atoms with Crippen LogP contribution in [0.25, 0.3) is 0 Å². The summed E-state index contributed by atoms with van der Waals surface area (Å²) in [5, 5.41) is 3.02. The highest BCUT2D eigenvalue weighted by atomic mass is 19.1. The summed E-state index contributed by atoms with van der Waals surface area (Å²) in [5.74, 6) is 1.19. The second kappa shape index (κ2) is 10.5. The first-order valence-electron chi connectivity index (χ1n) is 12.1. The van der Waals surface area contributed by atoms with Gasteiger partial charge in [0.1, 0.15) is 11.6 Å². The first-order chi connectivity index (χ1) is 15.6. The van der Waals surface area contributed by atoms with E-state index in [9.17, 15) is 9.18 Å². The third kappa shape index (κ3) is 5.32. The Morgan fingerprint density at radius 1 is 1.12 bits per heavy atom. The topological polar surface area (TPSA) is 41.6 Å². The van der Waals surface area contributed by atoms with E-state index < -0.39 is 5.41 Å². The summed E-state index contributed by atoms with van der Waals surface area (Å²) in [6, 6.07) is 14.2. The predicted octanol–water partition coefficient (Wildman–Crippen LogP) is 5.78. The van der Waals surface area contributed by atoms with Crippen LogP contribution in [0, 0.1) is 11.7 Å². The standard InChI is InChI=1S/C27H35FN2O2/c1-21-8-6-17-30(20-21)18-7-19-32-23-13-11-22(12-14-23)29-26(31)27(15-4-5-16-27)24-9-2-3-10-25(24)28/h2-3,9-14,21H,4-8,15-20H2,1H3,(H,29,31). The number of ether oxygens (including phenoxy) is 1. The molecule has 2 aromatic carbocycles. The van der Waals surface area contributed by atoms with E-state index in [1.807, 2.05) is 30.3 Å². The maximum absolute atomic E-state index is 14.5. The van der Waals surface area contributed by atoms with Crippen molar-refractivity contribution in [2.45, 2.75) is 57.3 Å². The van der Waals surface area contributed by atoms with Crippen LogP contribution in [0.2, 0.25) is 0 Å². The Morgan fingerprint density at radius 3 is 2.59 bits per heavy atom. The summed E-state index contributed by atoms with van der Waals surface area (Å²) in [5.41, 5.74) is 0.442. The Kier molecular flexibility index (Phi) is 7.46. The monoisotopic (exact) mass is 438 g/mol. The van der Waals surface area contributed by atoms with Gasteiger partial charge in [0.2, 0.25) is 5.91 Å². The number of benzene rings is 2. The molecule has 2 aromatic rings. The number of amides is 1. The number of halogens is 1. The fraction of sp³-hybridized carbons (Fsp3) is 0.519. The molecule has 1 atom stereocenters. The molecule has 172 valence electrons. The number of hydrogen-bond donors (Lipinski definition) is 1. The molecule has 4 nitrogen and oxygen atoms in total. The van der Waals surface area contributed by atoms with Crippen molar-refractivity contribution in [3.8, 4) is 5.75 Å². The lowest BCUT2D eigenvalue weighted by molar-refractivity contribution is -0.121. The quantitative estimate of drug-likeness (QED) is 0.532. The van der Waals surface area contributed by atoms with E-state index in [-0.39, 0.29) is 11.7 Å². The Bertz CT molecular complexity index is 893. The van der Waals surface area contributed by atoms with Gasteiger partial charge in [-0.15, -0.1) is 0 Å². The molecule has 1 saturated carbocycles. The lowest BCUT2D eigenvalue weighted by Gasteiger charge is -2.30. The van der Waals surface area contributed by atoms with Crippen LogP contribution in [0.1, 0.15) is 57.4 Å². The van der Waals surface area contributed by atoms with Crippen LogP contribution in [0.5, 0.6) is 5.75 Å². The van der Waals surface area contributed by atoms with Gasteiger partial charge < -0.3 is 15.0 Å². The molecule has 1 saturated heterocycles. The molecular weight excluding hydrogens is 403 g/mol. The highest BCUT2D eigenvalue weighted by molar-refractivity contribution is 5.99. The second-order valence-corrected chi connectivity index (χ2v) is 9.50.